The minimum absolute atomic E-state index is 0.286. The van der Waals surface area contributed by atoms with Gasteiger partial charge in [0.1, 0.15) is 0 Å². The first-order valence-electron chi connectivity index (χ1n) is 4.76. The number of hydrogen-bond acceptors (Lipinski definition) is 2. The summed E-state index contributed by atoms with van der Waals surface area (Å²) >= 11 is 0. The van der Waals surface area contributed by atoms with Gasteiger partial charge in [0.15, 0.2) is 0 Å². The molecule has 0 radical (unpaired) electrons. The van der Waals surface area contributed by atoms with Gasteiger partial charge in [0.25, 0.3) is 0 Å². The summed E-state index contributed by atoms with van der Waals surface area (Å²) in [6.45, 7) is 1.07. The minimum Gasteiger partial charge on any atom is -0.395 e. The molecule has 0 heterocycles. The zero-order valence-corrected chi connectivity index (χ0v) is 6.92. The Morgan fingerprint density at radius 1 is 1.36 bits per heavy atom. The van der Waals surface area contributed by atoms with Crippen molar-refractivity contribution in [1.82, 2.24) is 5.32 Å². The van der Waals surface area contributed by atoms with Gasteiger partial charge < -0.3 is 10.4 Å². The lowest BCUT2D eigenvalue weighted by molar-refractivity contribution is 0.267. The highest BCUT2D eigenvalue weighted by atomic mass is 16.3. The molecule has 0 aromatic rings. The van der Waals surface area contributed by atoms with Crippen molar-refractivity contribution >= 4 is 0 Å². The molecule has 0 aromatic carbocycles. The van der Waals surface area contributed by atoms with Gasteiger partial charge in [-0.25, -0.2) is 0 Å². The quantitative estimate of drug-likeness (QED) is 0.630. The van der Waals surface area contributed by atoms with E-state index in [1.807, 2.05) is 0 Å². The molecular formula is C9H17NO. The van der Waals surface area contributed by atoms with E-state index in [1.165, 1.54) is 25.7 Å². The molecule has 11 heavy (non-hydrogen) atoms. The normalized spacial score (nSPS) is 41.7. The Morgan fingerprint density at radius 2 is 2.27 bits per heavy atom. The number of aliphatic hydroxyl groups is 1. The van der Waals surface area contributed by atoms with Crippen molar-refractivity contribution in [3.05, 3.63) is 0 Å². The second kappa shape index (κ2) is 3.11. The summed E-state index contributed by atoms with van der Waals surface area (Å²) in [6, 6.07) is 0.737. The molecule has 2 nitrogen and oxygen atoms in total. The van der Waals surface area contributed by atoms with Crippen LogP contribution in [0.2, 0.25) is 0 Å². The van der Waals surface area contributed by atoms with Crippen LogP contribution in [0.5, 0.6) is 0 Å². The molecule has 0 spiro atoms. The average molecular weight is 155 g/mol. The molecule has 2 aliphatic rings. The van der Waals surface area contributed by atoms with E-state index in [0.29, 0.717) is 0 Å². The maximum atomic E-state index is 8.63. The van der Waals surface area contributed by atoms with Crippen LogP contribution in [0.4, 0.5) is 0 Å². The summed E-state index contributed by atoms with van der Waals surface area (Å²) in [7, 11) is 0. The first-order valence-corrected chi connectivity index (χ1v) is 4.76. The molecule has 2 saturated carbocycles. The van der Waals surface area contributed by atoms with E-state index in [-0.39, 0.29) is 6.61 Å². The largest absolute Gasteiger partial charge is 0.395 e. The Balaban J connectivity index is 1.75. The van der Waals surface area contributed by atoms with Gasteiger partial charge in [0.2, 0.25) is 0 Å². The highest BCUT2D eigenvalue weighted by Crippen LogP contribution is 2.49. The van der Waals surface area contributed by atoms with Crippen molar-refractivity contribution in [2.75, 3.05) is 13.2 Å². The third-order valence-electron chi connectivity index (χ3n) is 3.10. The van der Waals surface area contributed by atoms with Crippen LogP contribution in [0.15, 0.2) is 0 Å². The summed E-state index contributed by atoms with van der Waals surface area (Å²) in [5.41, 5.74) is 0. The van der Waals surface area contributed by atoms with Crippen molar-refractivity contribution in [2.45, 2.75) is 31.7 Å². The van der Waals surface area contributed by atoms with Crippen LogP contribution in [-0.4, -0.2) is 24.3 Å². The number of nitrogens with one attached hydrogen (secondary N) is 1. The van der Waals surface area contributed by atoms with Gasteiger partial charge >= 0.3 is 0 Å². The monoisotopic (exact) mass is 155 g/mol. The van der Waals surface area contributed by atoms with Gasteiger partial charge in [-0.15, -0.1) is 0 Å². The van der Waals surface area contributed by atoms with E-state index in [9.17, 15) is 0 Å². The van der Waals surface area contributed by atoms with Gasteiger partial charge in [0, 0.05) is 12.6 Å². The lowest BCUT2D eigenvalue weighted by atomic mass is 9.95. The topological polar surface area (TPSA) is 32.3 Å². The first kappa shape index (κ1) is 7.56. The van der Waals surface area contributed by atoms with E-state index < -0.39 is 0 Å². The zero-order valence-electron chi connectivity index (χ0n) is 6.92. The lowest BCUT2D eigenvalue weighted by Gasteiger charge is -2.22. The smallest absolute Gasteiger partial charge is 0.0556 e. The van der Waals surface area contributed by atoms with Crippen molar-refractivity contribution in [2.24, 2.45) is 11.8 Å². The van der Waals surface area contributed by atoms with E-state index in [4.69, 9.17) is 5.11 Å². The summed E-state index contributed by atoms with van der Waals surface area (Å²) in [6.07, 6.45) is 5.64. The molecule has 2 N–H and O–H groups in total. The third kappa shape index (κ3) is 1.57. The molecule has 64 valence electrons. The molecular weight excluding hydrogens is 138 g/mol. The molecule has 0 bridgehead atoms. The zero-order chi connectivity index (χ0) is 7.68. The van der Waals surface area contributed by atoms with Crippen molar-refractivity contribution in [3.8, 4) is 0 Å². The van der Waals surface area contributed by atoms with Crippen molar-refractivity contribution < 1.29 is 5.11 Å². The predicted molar refractivity (Wildman–Crippen MR) is 44.3 cm³/mol. The molecule has 2 fully saturated rings. The predicted octanol–water partition coefficient (Wildman–Crippen LogP) is 0.757. The number of fused-ring (bicyclic) bond motifs is 1. The van der Waals surface area contributed by atoms with Crippen molar-refractivity contribution in [3.63, 3.8) is 0 Å². The SMILES string of the molecule is OCCNC1CCC[C@H]2C[C@@H]12. The molecule has 2 rings (SSSR count). The van der Waals surface area contributed by atoms with Crippen LogP contribution >= 0.6 is 0 Å². The maximum absolute atomic E-state index is 8.63. The maximum Gasteiger partial charge on any atom is 0.0556 e. The van der Waals surface area contributed by atoms with E-state index in [2.05, 4.69) is 5.32 Å². The minimum atomic E-state index is 0.286. The molecule has 3 atom stereocenters. The average Bonchev–Trinajstić information content (AvgIpc) is 2.79. The molecule has 2 aliphatic carbocycles. The molecule has 0 aromatic heterocycles. The lowest BCUT2D eigenvalue weighted by Crippen LogP contribution is -2.35. The van der Waals surface area contributed by atoms with Crippen LogP contribution < -0.4 is 5.32 Å². The standard InChI is InChI=1S/C9H17NO/c11-5-4-10-9-3-1-2-7-6-8(7)9/h7-11H,1-6H2/t7-,8+,9?/m0/s1. The molecule has 2 heteroatoms. The molecule has 0 aliphatic heterocycles. The van der Waals surface area contributed by atoms with Crippen LogP contribution in [0.3, 0.4) is 0 Å². The van der Waals surface area contributed by atoms with Crippen LogP contribution in [-0.2, 0) is 0 Å². The first-order chi connectivity index (χ1) is 5.42. The molecule has 0 amide bonds. The number of aliphatic hydroxyl groups excluding tert-OH is 1. The third-order valence-corrected chi connectivity index (χ3v) is 3.10. The van der Waals surface area contributed by atoms with Crippen LogP contribution in [0.25, 0.3) is 0 Å². The second-order valence-corrected chi connectivity index (χ2v) is 3.87. The van der Waals surface area contributed by atoms with Crippen LogP contribution in [0, 0.1) is 11.8 Å². The van der Waals surface area contributed by atoms with Crippen molar-refractivity contribution in [1.29, 1.82) is 0 Å². The summed E-state index contributed by atoms with van der Waals surface area (Å²) in [4.78, 5) is 0. The number of hydrogen-bond donors (Lipinski definition) is 2. The fourth-order valence-electron chi connectivity index (χ4n) is 2.41. The molecule has 0 saturated heterocycles. The van der Waals surface area contributed by atoms with Crippen LogP contribution in [0.1, 0.15) is 25.7 Å². The highest BCUT2D eigenvalue weighted by molar-refractivity contribution is 4.98. The van der Waals surface area contributed by atoms with E-state index >= 15 is 0 Å². The Hall–Kier alpha value is -0.0800. The van der Waals surface area contributed by atoms with Gasteiger partial charge in [-0.05, 0) is 24.7 Å². The van der Waals surface area contributed by atoms with E-state index in [1.54, 1.807) is 0 Å². The summed E-state index contributed by atoms with van der Waals surface area (Å²) < 4.78 is 0. The highest BCUT2D eigenvalue weighted by Gasteiger charge is 2.44. The van der Waals surface area contributed by atoms with Gasteiger partial charge in [0.05, 0.1) is 6.61 Å². The summed E-state index contributed by atoms with van der Waals surface area (Å²) in [5.74, 6) is 2.01. The van der Waals surface area contributed by atoms with Gasteiger partial charge in [-0.3, -0.25) is 0 Å². The Morgan fingerprint density at radius 3 is 3.09 bits per heavy atom. The Labute approximate surface area is 68.0 Å². The Bertz CT molecular complexity index is 138. The summed E-state index contributed by atoms with van der Waals surface area (Å²) in [5, 5.41) is 12.0. The fraction of sp³-hybridized carbons (Fsp3) is 1.00. The van der Waals surface area contributed by atoms with Gasteiger partial charge in [-0.1, -0.05) is 12.8 Å². The molecule has 1 unspecified atom stereocenters. The second-order valence-electron chi connectivity index (χ2n) is 3.87. The number of rotatable bonds is 3. The van der Waals surface area contributed by atoms with E-state index in [0.717, 1.165) is 24.4 Å². The fourth-order valence-corrected chi connectivity index (χ4v) is 2.41. The Kier molecular flexibility index (Phi) is 2.14. The van der Waals surface area contributed by atoms with Gasteiger partial charge in [-0.2, -0.15) is 0 Å².